The highest BCUT2D eigenvalue weighted by atomic mass is 32.1. The number of nitrogens with one attached hydrogen (secondary N) is 1. The molecule has 3 rings (SSSR count). The fourth-order valence-electron chi connectivity index (χ4n) is 2.65. The maximum atomic E-state index is 12.4. The van der Waals surface area contributed by atoms with Crippen molar-refractivity contribution in [3.05, 3.63) is 46.1 Å². The average Bonchev–Trinajstić information content (AvgIpc) is 3.07. The summed E-state index contributed by atoms with van der Waals surface area (Å²) in [4.78, 5) is 29.9. The Labute approximate surface area is 138 Å². The number of carbonyl (C=O) groups excluding carboxylic acids is 2. The summed E-state index contributed by atoms with van der Waals surface area (Å²) in [6, 6.07) is 3.40. The number of nitrogens with zero attached hydrogens (tertiary/aromatic N) is 1. The molecule has 0 fully saturated rings. The summed E-state index contributed by atoms with van der Waals surface area (Å²) in [5, 5.41) is 3.43. The lowest BCUT2D eigenvalue weighted by molar-refractivity contribution is 0.0378. The molecule has 1 N–H and O–H groups in total. The highest BCUT2D eigenvalue weighted by Crippen LogP contribution is 2.39. The van der Waals surface area contributed by atoms with Crippen LogP contribution in [0.2, 0.25) is 0 Å². The third-order valence-electron chi connectivity index (χ3n) is 3.62. The van der Waals surface area contributed by atoms with Crippen molar-refractivity contribution < 1.29 is 14.3 Å². The van der Waals surface area contributed by atoms with Crippen molar-refractivity contribution in [3.8, 4) is 0 Å². The first-order chi connectivity index (χ1) is 11.1. The number of anilines is 1. The van der Waals surface area contributed by atoms with Crippen LogP contribution in [0.25, 0.3) is 0 Å². The van der Waals surface area contributed by atoms with Crippen LogP contribution in [0, 0.1) is 0 Å². The molecule has 0 saturated carbocycles. The predicted molar refractivity (Wildman–Crippen MR) is 89.1 cm³/mol. The van der Waals surface area contributed by atoms with Gasteiger partial charge in [-0.25, -0.2) is 4.79 Å². The Kier molecular flexibility index (Phi) is 4.43. The third kappa shape index (κ3) is 3.27. The second-order valence-electron chi connectivity index (χ2n) is 5.71. The molecule has 0 atom stereocenters. The van der Waals surface area contributed by atoms with Gasteiger partial charge in [-0.1, -0.05) is 0 Å². The zero-order chi connectivity index (χ0) is 16.4. The van der Waals surface area contributed by atoms with Gasteiger partial charge in [0.15, 0.2) is 0 Å². The van der Waals surface area contributed by atoms with Crippen LogP contribution in [0.3, 0.4) is 0 Å². The second-order valence-corrected chi connectivity index (χ2v) is 6.82. The molecular weight excluding hydrogens is 312 g/mol. The molecule has 120 valence electrons. The zero-order valence-corrected chi connectivity index (χ0v) is 13.9. The van der Waals surface area contributed by atoms with E-state index in [1.54, 1.807) is 18.3 Å². The molecule has 23 heavy (non-hydrogen) atoms. The Hall–Kier alpha value is -2.21. The summed E-state index contributed by atoms with van der Waals surface area (Å²) in [7, 11) is 0. The fourth-order valence-corrected chi connectivity index (χ4v) is 3.93. The lowest BCUT2D eigenvalue weighted by atomic mass is 10.1. The summed E-state index contributed by atoms with van der Waals surface area (Å²) in [6.07, 6.45) is 5.77. The monoisotopic (exact) mass is 330 g/mol. The molecule has 0 aliphatic heterocycles. The molecule has 0 saturated heterocycles. The highest BCUT2D eigenvalue weighted by Gasteiger charge is 2.29. The van der Waals surface area contributed by atoms with E-state index in [1.807, 2.05) is 13.8 Å². The van der Waals surface area contributed by atoms with E-state index in [2.05, 4.69) is 10.3 Å². The minimum atomic E-state index is -0.360. The van der Waals surface area contributed by atoms with Gasteiger partial charge in [0.1, 0.15) is 5.00 Å². The molecule has 2 heterocycles. The van der Waals surface area contributed by atoms with E-state index in [-0.39, 0.29) is 18.0 Å². The van der Waals surface area contributed by atoms with E-state index in [0.29, 0.717) is 16.1 Å². The van der Waals surface area contributed by atoms with Crippen LogP contribution in [0.15, 0.2) is 24.5 Å². The maximum absolute atomic E-state index is 12.4. The lowest BCUT2D eigenvalue weighted by Crippen LogP contribution is -2.17. The minimum absolute atomic E-state index is 0.193. The van der Waals surface area contributed by atoms with Crippen LogP contribution in [-0.4, -0.2) is 23.0 Å². The van der Waals surface area contributed by atoms with Crippen molar-refractivity contribution in [1.82, 2.24) is 4.98 Å². The van der Waals surface area contributed by atoms with Crippen molar-refractivity contribution in [2.24, 2.45) is 0 Å². The van der Waals surface area contributed by atoms with E-state index < -0.39 is 0 Å². The van der Waals surface area contributed by atoms with Crippen LogP contribution < -0.4 is 5.32 Å². The Bertz CT molecular complexity index is 738. The SMILES string of the molecule is CC(C)OC(=O)c1c(NC(=O)c2cccnc2)sc2c1CCC2. The second kappa shape index (κ2) is 6.50. The molecule has 5 nitrogen and oxygen atoms in total. The van der Waals surface area contributed by atoms with E-state index in [4.69, 9.17) is 4.74 Å². The molecule has 0 spiro atoms. The summed E-state index contributed by atoms with van der Waals surface area (Å²) < 4.78 is 5.35. The maximum Gasteiger partial charge on any atom is 0.341 e. The first kappa shape index (κ1) is 15.7. The highest BCUT2D eigenvalue weighted by molar-refractivity contribution is 7.17. The number of aryl methyl sites for hydroxylation is 1. The van der Waals surface area contributed by atoms with Crippen molar-refractivity contribution in [2.45, 2.75) is 39.2 Å². The summed E-state index contributed by atoms with van der Waals surface area (Å²) in [6.45, 7) is 3.64. The number of hydrogen-bond donors (Lipinski definition) is 1. The fraction of sp³-hybridized carbons (Fsp3) is 0.353. The van der Waals surface area contributed by atoms with E-state index in [9.17, 15) is 9.59 Å². The number of esters is 1. The molecule has 1 amide bonds. The number of fused-ring (bicyclic) bond motifs is 1. The van der Waals surface area contributed by atoms with Gasteiger partial charge < -0.3 is 10.1 Å². The number of pyridine rings is 1. The largest absolute Gasteiger partial charge is 0.459 e. The first-order valence-electron chi connectivity index (χ1n) is 7.63. The van der Waals surface area contributed by atoms with Crippen LogP contribution in [-0.2, 0) is 17.6 Å². The Morgan fingerprint density at radius 1 is 1.35 bits per heavy atom. The van der Waals surface area contributed by atoms with Crippen molar-refractivity contribution >= 4 is 28.2 Å². The Balaban J connectivity index is 1.90. The minimum Gasteiger partial charge on any atom is -0.459 e. The molecule has 0 aromatic carbocycles. The van der Waals surface area contributed by atoms with Gasteiger partial charge in [-0.3, -0.25) is 9.78 Å². The van der Waals surface area contributed by atoms with Gasteiger partial charge in [-0.15, -0.1) is 11.3 Å². The van der Waals surface area contributed by atoms with Gasteiger partial charge in [0.25, 0.3) is 5.91 Å². The van der Waals surface area contributed by atoms with Gasteiger partial charge >= 0.3 is 5.97 Å². The van der Waals surface area contributed by atoms with Crippen LogP contribution >= 0.6 is 11.3 Å². The molecule has 2 aromatic heterocycles. The van der Waals surface area contributed by atoms with Crippen LogP contribution in [0.5, 0.6) is 0 Å². The number of hydrogen-bond acceptors (Lipinski definition) is 5. The zero-order valence-electron chi connectivity index (χ0n) is 13.1. The Morgan fingerprint density at radius 2 is 2.17 bits per heavy atom. The molecule has 6 heteroatoms. The van der Waals surface area contributed by atoms with Crippen LogP contribution in [0.1, 0.15) is 51.4 Å². The molecular formula is C17H18N2O3S. The number of rotatable bonds is 4. The number of aromatic nitrogens is 1. The predicted octanol–water partition coefficient (Wildman–Crippen LogP) is 3.45. The number of thiophene rings is 1. The van der Waals surface area contributed by atoms with Gasteiger partial charge in [0.05, 0.1) is 17.2 Å². The molecule has 1 aliphatic rings. The smallest absolute Gasteiger partial charge is 0.341 e. The Morgan fingerprint density at radius 3 is 2.87 bits per heavy atom. The lowest BCUT2D eigenvalue weighted by Gasteiger charge is -2.11. The summed E-state index contributed by atoms with van der Waals surface area (Å²) >= 11 is 1.47. The number of carbonyl (C=O) groups is 2. The number of amides is 1. The summed E-state index contributed by atoms with van der Waals surface area (Å²) in [5.74, 6) is -0.627. The van der Waals surface area contributed by atoms with E-state index in [1.165, 1.54) is 22.4 Å². The van der Waals surface area contributed by atoms with E-state index >= 15 is 0 Å². The van der Waals surface area contributed by atoms with Crippen molar-refractivity contribution in [3.63, 3.8) is 0 Å². The van der Waals surface area contributed by atoms with Crippen molar-refractivity contribution in [1.29, 1.82) is 0 Å². The quantitative estimate of drug-likeness (QED) is 0.872. The normalized spacial score (nSPS) is 13.0. The topological polar surface area (TPSA) is 68.3 Å². The molecule has 0 bridgehead atoms. The molecule has 0 unspecified atom stereocenters. The average molecular weight is 330 g/mol. The van der Waals surface area contributed by atoms with Gasteiger partial charge in [0.2, 0.25) is 0 Å². The standard InChI is InChI=1S/C17H18N2O3S/c1-10(2)22-17(21)14-12-6-3-7-13(12)23-16(14)19-15(20)11-5-4-8-18-9-11/h4-5,8-10H,3,6-7H2,1-2H3,(H,19,20). The van der Waals surface area contributed by atoms with Gasteiger partial charge in [-0.05, 0) is 50.8 Å². The molecule has 2 aromatic rings. The van der Waals surface area contributed by atoms with Gasteiger partial charge in [-0.2, -0.15) is 0 Å². The molecule has 0 radical (unpaired) electrons. The van der Waals surface area contributed by atoms with Crippen molar-refractivity contribution in [2.75, 3.05) is 5.32 Å². The van der Waals surface area contributed by atoms with Crippen LogP contribution in [0.4, 0.5) is 5.00 Å². The summed E-state index contributed by atoms with van der Waals surface area (Å²) in [5.41, 5.74) is 2.01. The number of ether oxygens (including phenoxy) is 1. The van der Waals surface area contributed by atoms with E-state index in [0.717, 1.165) is 24.8 Å². The third-order valence-corrected chi connectivity index (χ3v) is 4.83. The first-order valence-corrected chi connectivity index (χ1v) is 8.45. The molecule has 1 aliphatic carbocycles. The van der Waals surface area contributed by atoms with Gasteiger partial charge in [0, 0.05) is 17.3 Å².